The number of benzene rings is 2. The summed E-state index contributed by atoms with van der Waals surface area (Å²) in [6.45, 7) is 9.69. The molecule has 2 aromatic rings. The highest BCUT2D eigenvalue weighted by atomic mass is 32.2. The summed E-state index contributed by atoms with van der Waals surface area (Å²) in [4.78, 5) is 0.302. The first kappa shape index (κ1) is 19.5. The first-order valence-corrected chi connectivity index (χ1v) is 9.91. The molecule has 1 N–H and O–H groups in total. The topological polar surface area (TPSA) is 55.4 Å². The highest BCUT2D eigenvalue weighted by Crippen LogP contribution is 2.32. The minimum absolute atomic E-state index is 0.166. The van der Waals surface area contributed by atoms with Crippen molar-refractivity contribution in [1.82, 2.24) is 4.72 Å². The summed E-state index contributed by atoms with van der Waals surface area (Å²) in [6, 6.07) is 11.1. The molecule has 2 rings (SSSR count). The second kappa shape index (κ2) is 7.58. The van der Waals surface area contributed by atoms with Crippen LogP contribution in [0.3, 0.4) is 0 Å². The maximum absolute atomic E-state index is 12.9. The molecular weight excluding hydrogens is 334 g/mol. The monoisotopic (exact) mass is 361 g/mol. The van der Waals surface area contributed by atoms with Crippen LogP contribution in [0.15, 0.2) is 41.3 Å². The molecule has 0 heterocycles. The van der Waals surface area contributed by atoms with E-state index in [4.69, 9.17) is 4.74 Å². The van der Waals surface area contributed by atoms with E-state index in [2.05, 4.69) is 4.72 Å². The predicted octanol–water partition coefficient (Wildman–Crippen LogP) is 4.47. The van der Waals surface area contributed by atoms with Gasteiger partial charge in [-0.1, -0.05) is 43.7 Å². The lowest BCUT2D eigenvalue weighted by Crippen LogP contribution is -2.27. The van der Waals surface area contributed by atoms with E-state index >= 15 is 0 Å². The van der Waals surface area contributed by atoms with Gasteiger partial charge in [-0.15, -0.1) is 0 Å². The minimum atomic E-state index is -3.64. The molecule has 4 nitrogen and oxygen atoms in total. The third-order valence-corrected chi connectivity index (χ3v) is 6.03. The van der Waals surface area contributed by atoms with Crippen LogP contribution in [0, 0.1) is 13.8 Å². The highest BCUT2D eigenvalue weighted by molar-refractivity contribution is 7.89. The van der Waals surface area contributed by atoms with Crippen LogP contribution < -0.4 is 9.46 Å². The summed E-state index contributed by atoms with van der Waals surface area (Å²) in [5.74, 6) is 0.886. The van der Waals surface area contributed by atoms with E-state index in [-0.39, 0.29) is 12.0 Å². The zero-order valence-corrected chi connectivity index (χ0v) is 16.6. The van der Waals surface area contributed by atoms with Crippen LogP contribution in [-0.4, -0.2) is 15.5 Å². The minimum Gasteiger partial charge on any atom is -0.496 e. The Balaban J connectivity index is 2.38. The number of ether oxygens (including phenoxy) is 1. The summed E-state index contributed by atoms with van der Waals surface area (Å²) in [7, 11) is -2.03. The second-order valence-electron chi connectivity index (χ2n) is 6.77. The number of sulfonamides is 1. The van der Waals surface area contributed by atoms with Crippen molar-refractivity contribution in [2.45, 2.75) is 51.5 Å². The maximum atomic E-state index is 12.9. The Labute approximate surface area is 151 Å². The van der Waals surface area contributed by atoms with Gasteiger partial charge in [0.05, 0.1) is 12.0 Å². The second-order valence-corrected chi connectivity index (χ2v) is 8.45. The smallest absolute Gasteiger partial charge is 0.241 e. The maximum Gasteiger partial charge on any atom is 0.241 e. The Bertz CT molecular complexity index is 840. The average molecular weight is 362 g/mol. The summed E-state index contributed by atoms with van der Waals surface area (Å²) in [5.41, 5.74) is 3.64. The quantitative estimate of drug-likeness (QED) is 0.825. The summed E-state index contributed by atoms with van der Waals surface area (Å²) in [6.07, 6.45) is 0. The van der Waals surface area contributed by atoms with Crippen molar-refractivity contribution < 1.29 is 13.2 Å². The molecule has 0 radical (unpaired) electrons. The van der Waals surface area contributed by atoms with Crippen molar-refractivity contribution in [3.63, 3.8) is 0 Å². The Morgan fingerprint density at radius 3 is 2.12 bits per heavy atom. The molecule has 0 aliphatic carbocycles. The normalized spacial score (nSPS) is 13.1. The van der Waals surface area contributed by atoms with Crippen molar-refractivity contribution >= 4 is 10.0 Å². The van der Waals surface area contributed by atoms with Gasteiger partial charge in [0.2, 0.25) is 10.0 Å². The lowest BCUT2D eigenvalue weighted by molar-refractivity contribution is 0.406. The van der Waals surface area contributed by atoms with Crippen molar-refractivity contribution in [2.24, 2.45) is 0 Å². The van der Waals surface area contributed by atoms with E-state index < -0.39 is 10.0 Å². The first-order valence-electron chi connectivity index (χ1n) is 8.43. The molecule has 0 bridgehead atoms. The van der Waals surface area contributed by atoms with Crippen LogP contribution in [0.4, 0.5) is 0 Å². The molecule has 0 spiro atoms. The number of hydrogen-bond acceptors (Lipinski definition) is 3. The van der Waals surface area contributed by atoms with E-state index in [9.17, 15) is 8.42 Å². The Hall–Kier alpha value is -1.85. The molecule has 25 heavy (non-hydrogen) atoms. The molecule has 0 aliphatic heterocycles. The van der Waals surface area contributed by atoms with E-state index in [0.717, 1.165) is 22.4 Å². The number of nitrogens with one attached hydrogen (secondary N) is 1. The third-order valence-electron chi connectivity index (χ3n) is 4.35. The molecule has 2 aromatic carbocycles. The number of hydrogen-bond donors (Lipinski definition) is 1. The molecule has 5 heteroatoms. The van der Waals surface area contributed by atoms with E-state index in [1.54, 1.807) is 26.2 Å². The van der Waals surface area contributed by atoms with Crippen molar-refractivity contribution in [3.8, 4) is 5.75 Å². The van der Waals surface area contributed by atoms with Gasteiger partial charge in [-0.3, -0.25) is 0 Å². The van der Waals surface area contributed by atoms with Gasteiger partial charge in [0, 0.05) is 6.04 Å². The molecule has 0 aromatic heterocycles. The van der Waals surface area contributed by atoms with Gasteiger partial charge < -0.3 is 4.74 Å². The zero-order chi connectivity index (χ0) is 18.8. The summed E-state index contributed by atoms with van der Waals surface area (Å²) >= 11 is 0. The number of aryl methyl sites for hydroxylation is 2. The Kier molecular flexibility index (Phi) is 5.91. The fraction of sp³-hybridized carbons (Fsp3) is 0.400. The summed E-state index contributed by atoms with van der Waals surface area (Å²) < 4.78 is 34.0. The van der Waals surface area contributed by atoms with Gasteiger partial charge in [0.15, 0.2) is 0 Å². The van der Waals surface area contributed by atoms with Crippen LogP contribution >= 0.6 is 0 Å². The molecule has 0 fully saturated rings. The largest absolute Gasteiger partial charge is 0.496 e. The van der Waals surface area contributed by atoms with Crippen molar-refractivity contribution in [2.75, 3.05) is 7.11 Å². The molecule has 1 atom stereocenters. The lowest BCUT2D eigenvalue weighted by Gasteiger charge is -2.19. The van der Waals surface area contributed by atoms with Crippen LogP contribution in [0.5, 0.6) is 5.75 Å². The molecule has 0 aliphatic rings. The fourth-order valence-corrected chi connectivity index (χ4v) is 4.31. The van der Waals surface area contributed by atoms with Gasteiger partial charge in [-0.05, 0) is 55.5 Å². The zero-order valence-electron chi connectivity index (χ0n) is 15.8. The van der Waals surface area contributed by atoms with Crippen LogP contribution in [0.25, 0.3) is 0 Å². The number of methoxy groups -OCH3 is 1. The van der Waals surface area contributed by atoms with Crippen LogP contribution in [0.1, 0.15) is 55.0 Å². The van der Waals surface area contributed by atoms with Crippen molar-refractivity contribution in [1.29, 1.82) is 0 Å². The molecule has 0 saturated heterocycles. The van der Waals surface area contributed by atoms with Gasteiger partial charge in [-0.2, -0.15) is 0 Å². The Morgan fingerprint density at radius 2 is 1.60 bits per heavy atom. The number of rotatable bonds is 6. The van der Waals surface area contributed by atoms with E-state index in [1.165, 1.54) is 0 Å². The van der Waals surface area contributed by atoms with Gasteiger partial charge in [0.25, 0.3) is 0 Å². The first-order chi connectivity index (χ1) is 11.7. The molecule has 136 valence electrons. The fourth-order valence-electron chi connectivity index (χ4n) is 2.81. The van der Waals surface area contributed by atoms with Crippen LogP contribution in [0.2, 0.25) is 0 Å². The van der Waals surface area contributed by atoms with Gasteiger partial charge in [-0.25, -0.2) is 13.1 Å². The lowest BCUT2D eigenvalue weighted by atomic mass is 10.0. The van der Waals surface area contributed by atoms with Gasteiger partial charge in [0.1, 0.15) is 5.75 Å². The third kappa shape index (κ3) is 4.41. The average Bonchev–Trinajstić information content (AvgIpc) is 2.54. The van der Waals surface area contributed by atoms with Crippen molar-refractivity contribution in [3.05, 3.63) is 58.7 Å². The molecule has 0 unspecified atom stereocenters. The molecular formula is C20H27NO3S. The SMILES string of the molecule is COc1cc(C)c(S(=O)(=O)N[C@H](C)c2ccc(C)cc2)cc1C(C)C. The molecule has 0 amide bonds. The van der Waals surface area contributed by atoms with E-state index in [0.29, 0.717) is 10.5 Å². The Morgan fingerprint density at radius 1 is 1.00 bits per heavy atom. The molecule has 0 saturated carbocycles. The van der Waals surface area contributed by atoms with Gasteiger partial charge >= 0.3 is 0 Å². The van der Waals surface area contributed by atoms with Crippen LogP contribution in [-0.2, 0) is 10.0 Å². The summed E-state index contributed by atoms with van der Waals surface area (Å²) in [5, 5.41) is 0. The predicted molar refractivity (Wildman–Crippen MR) is 102 cm³/mol. The standard InChI is InChI=1S/C20H27NO3S/c1-13(2)18-12-20(15(4)11-19(18)24-6)25(22,23)21-16(5)17-9-7-14(3)8-10-17/h7-13,16,21H,1-6H3/t16-/m1/s1. The highest BCUT2D eigenvalue weighted by Gasteiger charge is 2.23. The van der Waals surface area contributed by atoms with E-state index in [1.807, 2.05) is 52.0 Å².